The zero-order valence-corrected chi connectivity index (χ0v) is 14.7. The van der Waals surface area contributed by atoms with Crippen molar-refractivity contribution in [1.29, 1.82) is 0 Å². The van der Waals surface area contributed by atoms with E-state index >= 15 is 0 Å². The van der Waals surface area contributed by atoms with Crippen molar-refractivity contribution >= 4 is 32.8 Å². The number of carbonyl (C=O) groups is 1. The first-order valence-corrected chi connectivity index (χ1v) is 9.58. The molecular weight excluding hydrogens is 380 g/mol. The monoisotopic (exact) mass is 392 g/mol. The molecule has 3 rings (SSSR count). The average molecular weight is 392 g/mol. The van der Waals surface area contributed by atoms with E-state index in [0.29, 0.717) is 9.75 Å². The van der Waals surface area contributed by atoms with E-state index in [1.54, 1.807) is 24.3 Å². The van der Waals surface area contributed by atoms with Crippen molar-refractivity contribution in [3.63, 3.8) is 0 Å². The van der Waals surface area contributed by atoms with Gasteiger partial charge in [-0.05, 0) is 30.3 Å². The lowest BCUT2D eigenvalue weighted by Crippen LogP contribution is -2.23. The highest BCUT2D eigenvalue weighted by Gasteiger charge is 2.25. The van der Waals surface area contributed by atoms with E-state index in [0.717, 1.165) is 17.4 Å². The summed E-state index contributed by atoms with van der Waals surface area (Å²) in [7, 11) is -4.08. The van der Waals surface area contributed by atoms with Gasteiger partial charge in [-0.15, -0.1) is 11.3 Å². The molecule has 0 amide bonds. The van der Waals surface area contributed by atoms with Crippen molar-refractivity contribution in [3.8, 4) is 0 Å². The number of hydrogen-bond acceptors (Lipinski definition) is 7. The van der Waals surface area contributed by atoms with Crippen molar-refractivity contribution in [1.82, 2.24) is 4.72 Å². The summed E-state index contributed by atoms with van der Waals surface area (Å²) >= 11 is 1.12. The van der Waals surface area contributed by atoms with E-state index in [9.17, 15) is 23.3 Å². The second-order valence-electron chi connectivity index (χ2n) is 5.12. The van der Waals surface area contributed by atoms with Crippen LogP contribution in [0.4, 0.5) is 5.69 Å². The molecule has 0 spiro atoms. The predicted octanol–water partition coefficient (Wildman–Crippen LogP) is 2.96. The number of furan rings is 1. The second-order valence-corrected chi connectivity index (χ2v) is 8.03. The summed E-state index contributed by atoms with van der Waals surface area (Å²) in [5, 5.41) is 11.0. The maximum absolute atomic E-state index is 12.4. The fourth-order valence-electron chi connectivity index (χ4n) is 2.20. The van der Waals surface area contributed by atoms with Gasteiger partial charge in [0.15, 0.2) is 10.7 Å². The Hall–Kier alpha value is -2.82. The molecule has 0 aliphatic rings. The normalized spacial score (nSPS) is 11.4. The zero-order chi connectivity index (χ0) is 18.7. The minimum absolute atomic E-state index is 0.0928. The molecule has 8 nitrogen and oxygen atoms in total. The Bertz CT molecular complexity index is 1050. The Labute approximate surface area is 152 Å². The standard InChI is InChI=1S/C16H12N2O6S2/c19-16(13-5-3-9-24-13)14-8-7-11(25-14)10-17-26(22,23)15-6-2-1-4-12(15)18(20)21/h1-9,17H,10H2. The number of hydrogen-bond donors (Lipinski definition) is 1. The molecule has 0 bridgehead atoms. The Kier molecular flexibility index (Phi) is 4.98. The van der Waals surface area contributed by atoms with Crippen LogP contribution in [0.1, 0.15) is 20.3 Å². The van der Waals surface area contributed by atoms with E-state index in [-0.39, 0.29) is 18.1 Å². The number of nitro benzene ring substituents is 1. The fraction of sp³-hybridized carbons (Fsp3) is 0.0625. The van der Waals surface area contributed by atoms with Gasteiger partial charge < -0.3 is 4.42 Å². The van der Waals surface area contributed by atoms with Crippen molar-refractivity contribution in [2.45, 2.75) is 11.4 Å². The highest BCUT2D eigenvalue weighted by Crippen LogP contribution is 2.24. The molecule has 0 unspecified atom stereocenters. The van der Waals surface area contributed by atoms with Gasteiger partial charge in [-0.1, -0.05) is 12.1 Å². The predicted molar refractivity (Wildman–Crippen MR) is 93.6 cm³/mol. The van der Waals surface area contributed by atoms with Gasteiger partial charge in [-0.2, -0.15) is 0 Å². The van der Waals surface area contributed by atoms with E-state index in [1.165, 1.54) is 24.5 Å². The SMILES string of the molecule is O=C(c1ccco1)c1ccc(CNS(=O)(=O)c2ccccc2[N+](=O)[O-])s1. The molecule has 0 atom stereocenters. The first-order chi connectivity index (χ1) is 12.4. The van der Waals surface area contributed by atoms with Crippen LogP contribution in [0.15, 0.2) is 64.1 Å². The average Bonchev–Trinajstić information content (AvgIpc) is 3.31. The molecule has 134 valence electrons. The van der Waals surface area contributed by atoms with Crippen LogP contribution in [-0.2, 0) is 16.6 Å². The fourth-order valence-corrected chi connectivity index (χ4v) is 4.36. The third-order valence-corrected chi connectivity index (χ3v) is 5.95. The molecule has 0 saturated heterocycles. The molecule has 1 N–H and O–H groups in total. The smallest absolute Gasteiger partial charge is 0.289 e. The van der Waals surface area contributed by atoms with Crippen LogP contribution in [-0.4, -0.2) is 19.1 Å². The van der Waals surface area contributed by atoms with Crippen molar-refractivity contribution in [2.75, 3.05) is 0 Å². The van der Waals surface area contributed by atoms with Crippen molar-refractivity contribution in [2.24, 2.45) is 0 Å². The van der Waals surface area contributed by atoms with Gasteiger partial charge in [-0.3, -0.25) is 14.9 Å². The van der Waals surface area contributed by atoms with Crippen molar-refractivity contribution in [3.05, 3.63) is 80.4 Å². The summed E-state index contributed by atoms with van der Waals surface area (Å²) in [6.07, 6.45) is 1.39. The lowest BCUT2D eigenvalue weighted by atomic mass is 10.2. The third-order valence-electron chi connectivity index (χ3n) is 3.42. The summed E-state index contributed by atoms with van der Waals surface area (Å²) in [5.41, 5.74) is -0.500. The summed E-state index contributed by atoms with van der Waals surface area (Å²) in [5.74, 6) is -0.105. The topological polar surface area (TPSA) is 120 Å². The van der Waals surface area contributed by atoms with Gasteiger partial charge in [0.05, 0.1) is 16.1 Å². The van der Waals surface area contributed by atoms with E-state index in [1.807, 2.05) is 0 Å². The van der Waals surface area contributed by atoms with Crippen molar-refractivity contribution < 1.29 is 22.6 Å². The summed E-state index contributed by atoms with van der Waals surface area (Å²) < 4.78 is 32.1. The first kappa shape index (κ1) is 18.0. The number of sulfonamides is 1. The number of nitrogens with one attached hydrogen (secondary N) is 1. The second kappa shape index (κ2) is 7.20. The Balaban J connectivity index is 1.75. The van der Waals surface area contributed by atoms with E-state index in [2.05, 4.69) is 4.72 Å². The largest absolute Gasteiger partial charge is 0.461 e. The molecule has 2 heterocycles. The molecule has 2 aromatic heterocycles. The van der Waals surface area contributed by atoms with Crippen LogP contribution in [0.3, 0.4) is 0 Å². The van der Waals surface area contributed by atoms with E-state index < -0.39 is 25.5 Å². The number of benzene rings is 1. The molecule has 3 aromatic rings. The minimum Gasteiger partial charge on any atom is -0.461 e. The molecule has 10 heteroatoms. The number of carbonyl (C=O) groups excluding carboxylic acids is 1. The van der Waals surface area contributed by atoms with Gasteiger partial charge in [0.1, 0.15) is 0 Å². The molecule has 26 heavy (non-hydrogen) atoms. The van der Waals surface area contributed by atoms with Gasteiger partial charge in [0, 0.05) is 17.5 Å². The maximum Gasteiger partial charge on any atom is 0.289 e. The number of ketones is 1. The third kappa shape index (κ3) is 3.72. The lowest BCUT2D eigenvalue weighted by molar-refractivity contribution is -0.387. The molecule has 0 aliphatic carbocycles. The Morgan fingerprint density at radius 3 is 2.62 bits per heavy atom. The maximum atomic E-state index is 12.4. The number of nitro groups is 1. The van der Waals surface area contributed by atoms with Crippen LogP contribution < -0.4 is 4.72 Å². The van der Waals surface area contributed by atoms with Gasteiger partial charge in [0.2, 0.25) is 15.8 Å². The quantitative estimate of drug-likeness (QED) is 0.375. The first-order valence-electron chi connectivity index (χ1n) is 7.28. The van der Waals surface area contributed by atoms with Crippen LogP contribution in [0.25, 0.3) is 0 Å². The summed E-state index contributed by atoms with van der Waals surface area (Å²) in [4.78, 5) is 23.0. The number of rotatable bonds is 7. The number of thiophene rings is 1. The highest BCUT2D eigenvalue weighted by molar-refractivity contribution is 7.89. The van der Waals surface area contributed by atoms with E-state index in [4.69, 9.17) is 4.42 Å². The Morgan fingerprint density at radius 1 is 1.15 bits per heavy atom. The molecule has 0 radical (unpaired) electrons. The van der Waals surface area contributed by atoms with Crippen LogP contribution in [0.5, 0.6) is 0 Å². The molecule has 0 aliphatic heterocycles. The number of para-hydroxylation sites is 1. The number of nitrogens with zero attached hydrogens (tertiary/aromatic N) is 1. The summed E-state index contributed by atoms with van der Waals surface area (Å²) in [6.45, 7) is -0.0928. The summed E-state index contributed by atoms with van der Waals surface area (Å²) in [6, 6.07) is 11.4. The molecular formula is C16H12N2O6S2. The van der Waals surface area contributed by atoms with Gasteiger partial charge >= 0.3 is 0 Å². The molecule has 0 saturated carbocycles. The Morgan fingerprint density at radius 2 is 1.92 bits per heavy atom. The molecule has 1 aromatic carbocycles. The lowest BCUT2D eigenvalue weighted by Gasteiger charge is -2.06. The van der Waals surface area contributed by atoms with Gasteiger partial charge in [-0.25, -0.2) is 13.1 Å². The van der Waals surface area contributed by atoms with Crippen LogP contribution in [0.2, 0.25) is 0 Å². The van der Waals surface area contributed by atoms with Crippen LogP contribution >= 0.6 is 11.3 Å². The zero-order valence-electron chi connectivity index (χ0n) is 13.1. The van der Waals surface area contributed by atoms with Gasteiger partial charge in [0.25, 0.3) is 5.69 Å². The molecule has 0 fully saturated rings. The minimum atomic E-state index is -4.08. The van der Waals surface area contributed by atoms with Crippen LogP contribution in [0, 0.1) is 10.1 Å². The highest BCUT2D eigenvalue weighted by atomic mass is 32.2.